The summed E-state index contributed by atoms with van der Waals surface area (Å²) in [5, 5.41) is 6.22. The maximum Gasteiger partial charge on any atom is 0.0505 e. The summed E-state index contributed by atoms with van der Waals surface area (Å²) in [5.74, 6) is 0. The van der Waals surface area contributed by atoms with E-state index in [2.05, 4.69) is 66.5 Å². The first-order valence-electron chi connectivity index (χ1n) is 7.36. The number of fused-ring (bicyclic) bond motifs is 5. The number of rotatable bonds is 2. The molecule has 21 heavy (non-hydrogen) atoms. The zero-order valence-electron chi connectivity index (χ0n) is 11.9. The topological polar surface area (TPSA) is 12.0 Å². The summed E-state index contributed by atoms with van der Waals surface area (Å²) in [6, 6.07) is 19.6. The van der Waals surface area contributed by atoms with Gasteiger partial charge in [0.15, 0.2) is 0 Å². The molecule has 0 aromatic heterocycles. The van der Waals surface area contributed by atoms with Gasteiger partial charge in [0.25, 0.3) is 0 Å². The van der Waals surface area contributed by atoms with Gasteiger partial charge in [-0.1, -0.05) is 60.7 Å². The van der Waals surface area contributed by atoms with Crippen molar-refractivity contribution in [2.45, 2.75) is 13.0 Å². The summed E-state index contributed by atoms with van der Waals surface area (Å²) >= 11 is 0. The Kier molecular flexibility index (Phi) is 2.78. The normalized spacial score (nSPS) is 12.4. The summed E-state index contributed by atoms with van der Waals surface area (Å²) in [6.07, 6.45) is 2.88. The van der Waals surface area contributed by atoms with Crippen LogP contribution in [0.4, 0.5) is 5.69 Å². The van der Waals surface area contributed by atoms with E-state index in [1.54, 1.807) is 0 Å². The number of benzene rings is 3. The second-order valence-corrected chi connectivity index (χ2v) is 5.51. The highest BCUT2D eigenvalue weighted by Gasteiger charge is 2.20. The molecule has 3 aromatic rings. The Morgan fingerprint density at radius 1 is 1.05 bits per heavy atom. The Morgan fingerprint density at radius 2 is 1.86 bits per heavy atom. The van der Waals surface area contributed by atoms with Crippen LogP contribution in [0.25, 0.3) is 21.9 Å². The standard InChI is InChI=1S/C20H17N/c1-2-7-15-12-14-8-3-6-11-18(14)20-19(15)17-10-5-4-9-16(17)13-21-20/h2-6,8-12,21H,1,7,13H2. The van der Waals surface area contributed by atoms with Gasteiger partial charge >= 0.3 is 0 Å². The number of hydrogen-bond donors (Lipinski definition) is 1. The third-order valence-electron chi connectivity index (χ3n) is 4.24. The van der Waals surface area contributed by atoms with Crippen molar-refractivity contribution in [1.29, 1.82) is 0 Å². The molecule has 0 saturated carbocycles. The van der Waals surface area contributed by atoms with E-state index in [9.17, 15) is 0 Å². The summed E-state index contributed by atoms with van der Waals surface area (Å²) in [5.41, 5.74) is 6.68. The lowest BCUT2D eigenvalue weighted by molar-refractivity contribution is 1.12. The second kappa shape index (κ2) is 4.78. The van der Waals surface area contributed by atoms with Crippen molar-refractivity contribution < 1.29 is 0 Å². The molecule has 0 radical (unpaired) electrons. The van der Waals surface area contributed by atoms with Crippen LogP contribution >= 0.6 is 0 Å². The van der Waals surface area contributed by atoms with Crippen LogP contribution in [0.5, 0.6) is 0 Å². The number of hydrogen-bond acceptors (Lipinski definition) is 1. The Balaban J connectivity index is 2.11. The number of nitrogens with one attached hydrogen (secondary N) is 1. The van der Waals surface area contributed by atoms with Crippen molar-refractivity contribution >= 4 is 16.5 Å². The highest BCUT2D eigenvalue weighted by Crippen LogP contribution is 2.42. The van der Waals surface area contributed by atoms with Crippen LogP contribution in [0.2, 0.25) is 0 Å². The molecule has 1 nitrogen and oxygen atoms in total. The van der Waals surface area contributed by atoms with Crippen LogP contribution in [0.3, 0.4) is 0 Å². The van der Waals surface area contributed by atoms with Gasteiger partial charge in [0.2, 0.25) is 0 Å². The molecule has 0 unspecified atom stereocenters. The zero-order valence-corrected chi connectivity index (χ0v) is 11.9. The fourth-order valence-electron chi connectivity index (χ4n) is 3.32. The van der Waals surface area contributed by atoms with Crippen LogP contribution in [-0.4, -0.2) is 0 Å². The van der Waals surface area contributed by atoms with E-state index in [-0.39, 0.29) is 0 Å². The van der Waals surface area contributed by atoms with E-state index < -0.39 is 0 Å². The van der Waals surface area contributed by atoms with E-state index in [0.717, 1.165) is 13.0 Å². The first-order chi connectivity index (χ1) is 10.4. The highest BCUT2D eigenvalue weighted by molar-refractivity contribution is 6.04. The Hall–Kier alpha value is -2.54. The number of anilines is 1. The molecular formula is C20H17N. The van der Waals surface area contributed by atoms with Gasteiger partial charge < -0.3 is 5.32 Å². The van der Waals surface area contributed by atoms with Crippen molar-refractivity contribution in [1.82, 2.24) is 0 Å². The molecule has 3 aromatic carbocycles. The minimum absolute atomic E-state index is 0.892. The van der Waals surface area contributed by atoms with Gasteiger partial charge in [-0.15, -0.1) is 6.58 Å². The molecule has 0 bridgehead atoms. The van der Waals surface area contributed by atoms with E-state index >= 15 is 0 Å². The minimum atomic E-state index is 0.892. The van der Waals surface area contributed by atoms with Gasteiger partial charge in [-0.05, 0) is 28.5 Å². The Morgan fingerprint density at radius 3 is 2.76 bits per heavy atom. The number of allylic oxidation sites excluding steroid dienone is 1. The smallest absolute Gasteiger partial charge is 0.0505 e. The molecule has 1 aliphatic heterocycles. The molecule has 0 fully saturated rings. The molecule has 4 rings (SSSR count). The van der Waals surface area contributed by atoms with Gasteiger partial charge in [0.1, 0.15) is 0 Å². The van der Waals surface area contributed by atoms with Crippen molar-refractivity contribution in [2.24, 2.45) is 0 Å². The van der Waals surface area contributed by atoms with Gasteiger partial charge in [0.05, 0.1) is 5.69 Å². The maximum absolute atomic E-state index is 3.92. The van der Waals surface area contributed by atoms with Crippen LogP contribution < -0.4 is 5.32 Å². The van der Waals surface area contributed by atoms with Gasteiger partial charge in [0, 0.05) is 17.5 Å². The maximum atomic E-state index is 3.92. The molecule has 1 N–H and O–H groups in total. The molecule has 0 spiro atoms. The molecule has 0 aliphatic carbocycles. The molecule has 0 amide bonds. The van der Waals surface area contributed by atoms with Gasteiger partial charge in [-0.2, -0.15) is 0 Å². The molecule has 102 valence electrons. The summed E-state index contributed by atoms with van der Waals surface area (Å²) < 4.78 is 0. The van der Waals surface area contributed by atoms with E-state index in [4.69, 9.17) is 0 Å². The second-order valence-electron chi connectivity index (χ2n) is 5.51. The monoisotopic (exact) mass is 271 g/mol. The average Bonchev–Trinajstić information content (AvgIpc) is 2.54. The predicted octanol–water partition coefficient (Wildman–Crippen LogP) is 5.16. The summed E-state index contributed by atoms with van der Waals surface area (Å²) in [7, 11) is 0. The molecule has 1 heteroatoms. The fraction of sp³-hybridized carbons (Fsp3) is 0.100. The molecule has 0 atom stereocenters. The SMILES string of the molecule is C=CCc1cc2ccccc2c2c1-c1ccccc1CN2. The Labute approximate surface area is 124 Å². The zero-order chi connectivity index (χ0) is 14.2. The lowest BCUT2D eigenvalue weighted by Gasteiger charge is -2.25. The molecule has 1 heterocycles. The van der Waals surface area contributed by atoms with Gasteiger partial charge in [-0.25, -0.2) is 0 Å². The lowest BCUT2D eigenvalue weighted by Crippen LogP contribution is -2.10. The van der Waals surface area contributed by atoms with Crippen molar-refractivity contribution in [3.05, 3.63) is 78.4 Å². The van der Waals surface area contributed by atoms with Crippen molar-refractivity contribution in [3.8, 4) is 11.1 Å². The van der Waals surface area contributed by atoms with Crippen LogP contribution in [0.1, 0.15) is 11.1 Å². The van der Waals surface area contributed by atoms with Crippen LogP contribution in [0, 0.1) is 0 Å². The van der Waals surface area contributed by atoms with Gasteiger partial charge in [-0.3, -0.25) is 0 Å². The fourth-order valence-corrected chi connectivity index (χ4v) is 3.32. The van der Waals surface area contributed by atoms with E-state index in [1.165, 1.54) is 38.7 Å². The molecular weight excluding hydrogens is 254 g/mol. The Bertz CT molecular complexity index is 846. The van der Waals surface area contributed by atoms with Crippen LogP contribution in [0.15, 0.2) is 67.3 Å². The quantitative estimate of drug-likeness (QED) is 0.635. The van der Waals surface area contributed by atoms with Crippen LogP contribution in [-0.2, 0) is 13.0 Å². The first kappa shape index (κ1) is 12.2. The summed E-state index contributed by atoms with van der Waals surface area (Å²) in [6.45, 7) is 4.81. The average molecular weight is 271 g/mol. The summed E-state index contributed by atoms with van der Waals surface area (Å²) in [4.78, 5) is 0. The first-order valence-corrected chi connectivity index (χ1v) is 7.36. The van der Waals surface area contributed by atoms with Crippen molar-refractivity contribution in [3.63, 3.8) is 0 Å². The minimum Gasteiger partial charge on any atom is -0.380 e. The van der Waals surface area contributed by atoms with E-state index in [1.807, 2.05) is 6.08 Å². The third kappa shape index (κ3) is 1.85. The molecule has 0 saturated heterocycles. The van der Waals surface area contributed by atoms with E-state index in [0.29, 0.717) is 0 Å². The highest BCUT2D eigenvalue weighted by atomic mass is 14.9. The van der Waals surface area contributed by atoms with Crippen molar-refractivity contribution in [2.75, 3.05) is 5.32 Å². The third-order valence-corrected chi connectivity index (χ3v) is 4.24. The largest absolute Gasteiger partial charge is 0.380 e. The lowest BCUT2D eigenvalue weighted by atomic mass is 9.87. The molecule has 1 aliphatic rings. The predicted molar refractivity (Wildman–Crippen MR) is 90.6 cm³/mol.